The summed E-state index contributed by atoms with van der Waals surface area (Å²) in [5, 5.41) is 9.06. The van der Waals surface area contributed by atoms with Crippen molar-refractivity contribution < 1.29 is 19.4 Å². The van der Waals surface area contributed by atoms with E-state index in [9.17, 15) is 9.59 Å². The van der Waals surface area contributed by atoms with Crippen molar-refractivity contribution in [1.29, 1.82) is 0 Å². The van der Waals surface area contributed by atoms with Crippen molar-refractivity contribution in [1.82, 2.24) is 4.90 Å². The molecule has 5 heteroatoms. The van der Waals surface area contributed by atoms with Crippen LogP contribution in [0.15, 0.2) is 11.8 Å². The summed E-state index contributed by atoms with van der Waals surface area (Å²) in [7, 11) is 0. The Bertz CT molecular complexity index is 341. The molecule has 0 bridgehead atoms. The van der Waals surface area contributed by atoms with Crippen LogP contribution in [-0.2, 0) is 9.53 Å². The van der Waals surface area contributed by atoms with Gasteiger partial charge in [0.15, 0.2) is 0 Å². The zero-order valence-corrected chi connectivity index (χ0v) is 10.5. The average Bonchev–Trinajstić information content (AvgIpc) is 2.39. The Morgan fingerprint density at radius 1 is 1.35 bits per heavy atom. The molecule has 1 aliphatic heterocycles. The van der Waals surface area contributed by atoms with E-state index in [1.807, 2.05) is 0 Å². The lowest BCUT2D eigenvalue weighted by atomic mass is 10.2. The van der Waals surface area contributed by atoms with Gasteiger partial charge in [0, 0.05) is 6.54 Å². The van der Waals surface area contributed by atoms with E-state index in [0.717, 1.165) is 12.8 Å². The van der Waals surface area contributed by atoms with E-state index in [0.29, 0.717) is 13.0 Å². The summed E-state index contributed by atoms with van der Waals surface area (Å²) < 4.78 is 5.20. The van der Waals surface area contributed by atoms with Crippen LogP contribution in [0.4, 0.5) is 4.79 Å². The van der Waals surface area contributed by atoms with E-state index in [1.54, 1.807) is 26.8 Å². The van der Waals surface area contributed by atoms with Gasteiger partial charge < -0.3 is 9.84 Å². The van der Waals surface area contributed by atoms with E-state index < -0.39 is 17.7 Å². The van der Waals surface area contributed by atoms with Gasteiger partial charge in [-0.2, -0.15) is 0 Å². The second kappa shape index (κ2) is 5.21. The SMILES string of the molecule is CC(C)(C)OC(=O)N1CCCCC=C1C(=O)O. The predicted molar refractivity (Wildman–Crippen MR) is 62.5 cm³/mol. The number of carbonyl (C=O) groups is 2. The van der Waals surface area contributed by atoms with Crippen molar-refractivity contribution in [2.75, 3.05) is 6.54 Å². The number of carboxylic acid groups (broad SMARTS) is 1. The zero-order valence-electron chi connectivity index (χ0n) is 10.5. The molecule has 0 aromatic carbocycles. The first-order valence-corrected chi connectivity index (χ1v) is 5.75. The van der Waals surface area contributed by atoms with E-state index in [-0.39, 0.29) is 5.70 Å². The number of nitrogens with zero attached hydrogens (tertiary/aromatic N) is 1. The second-order valence-electron chi connectivity index (χ2n) is 5.02. The van der Waals surface area contributed by atoms with Crippen LogP contribution in [0.2, 0.25) is 0 Å². The highest BCUT2D eigenvalue weighted by atomic mass is 16.6. The molecular formula is C12H19NO4. The molecule has 0 spiro atoms. The van der Waals surface area contributed by atoms with Gasteiger partial charge in [-0.05, 0) is 40.0 Å². The number of amides is 1. The van der Waals surface area contributed by atoms with E-state index in [2.05, 4.69) is 0 Å². The predicted octanol–water partition coefficient (Wildman–Crippen LogP) is 2.38. The van der Waals surface area contributed by atoms with Gasteiger partial charge in [0.25, 0.3) is 0 Å². The van der Waals surface area contributed by atoms with Gasteiger partial charge in [0.2, 0.25) is 0 Å². The normalized spacial score (nSPS) is 17.1. The second-order valence-corrected chi connectivity index (χ2v) is 5.02. The fourth-order valence-electron chi connectivity index (χ4n) is 1.59. The Balaban J connectivity index is 2.84. The number of hydrogen-bond donors (Lipinski definition) is 1. The van der Waals surface area contributed by atoms with Gasteiger partial charge in [-0.1, -0.05) is 6.08 Å². The molecule has 17 heavy (non-hydrogen) atoms. The summed E-state index contributed by atoms with van der Waals surface area (Å²) in [6, 6.07) is 0. The zero-order chi connectivity index (χ0) is 13.1. The first-order chi connectivity index (χ1) is 7.81. The Hall–Kier alpha value is -1.52. The average molecular weight is 241 g/mol. The summed E-state index contributed by atoms with van der Waals surface area (Å²) in [5.41, 5.74) is -0.593. The maximum atomic E-state index is 11.9. The molecule has 0 saturated carbocycles. The van der Waals surface area contributed by atoms with Crippen molar-refractivity contribution >= 4 is 12.1 Å². The first-order valence-electron chi connectivity index (χ1n) is 5.75. The van der Waals surface area contributed by atoms with E-state index in [1.165, 1.54) is 4.90 Å². The van der Waals surface area contributed by atoms with Gasteiger partial charge in [-0.3, -0.25) is 4.90 Å². The number of aliphatic carboxylic acids is 1. The van der Waals surface area contributed by atoms with Crippen LogP contribution in [0.3, 0.4) is 0 Å². The van der Waals surface area contributed by atoms with E-state index >= 15 is 0 Å². The third-order valence-electron chi connectivity index (χ3n) is 2.30. The van der Waals surface area contributed by atoms with Crippen LogP contribution in [-0.4, -0.2) is 34.2 Å². The minimum Gasteiger partial charge on any atom is -0.477 e. The number of allylic oxidation sites excluding steroid dienone is 1. The number of ether oxygens (including phenoxy) is 1. The lowest BCUT2D eigenvalue weighted by molar-refractivity contribution is -0.134. The van der Waals surface area contributed by atoms with Crippen molar-refractivity contribution in [3.63, 3.8) is 0 Å². The number of hydrogen-bond acceptors (Lipinski definition) is 3. The van der Waals surface area contributed by atoms with Gasteiger partial charge in [0.05, 0.1) is 0 Å². The molecule has 1 N–H and O–H groups in total. The lowest BCUT2D eigenvalue weighted by Gasteiger charge is -2.26. The molecule has 0 radical (unpaired) electrons. The van der Waals surface area contributed by atoms with Crippen LogP contribution < -0.4 is 0 Å². The summed E-state index contributed by atoms with van der Waals surface area (Å²) >= 11 is 0. The highest BCUT2D eigenvalue weighted by Crippen LogP contribution is 2.18. The maximum Gasteiger partial charge on any atom is 0.415 e. The van der Waals surface area contributed by atoms with Crippen LogP contribution in [0, 0.1) is 0 Å². The molecule has 96 valence electrons. The summed E-state index contributed by atoms with van der Waals surface area (Å²) in [4.78, 5) is 24.2. The largest absolute Gasteiger partial charge is 0.477 e. The summed E-state index contributed by atoms with van der Waals surface area (Å²) in [5.74, 6) is -1.09. The van der Waals surface area contributed by atoms with Crippen LogP contribution >= 0.6 is 0 Å². The molecule has 1 rings (SSSR count). The molecule has 0 atom stereocenters. The lowest BCUT2D eigenvalue weighted by Crippen LogP contribution is -2.38. The molecule has 1 heterocycles. The van der Waals surface area contributed by atoms with Gasteiger partial charge >= 0.3 is 12.1 Å². The first kappa shape index (κ1) is 13.5. The molecule has 0 saturated heterocycles. The number of carboxylic acids is 1. The van der Waals surface area contributed by atoms with Crippen LogP contribution in [0.5, 0.6) is 0 Å². The van der Waals surface area contributed by atoms with Crippen molar-refractivity contribution in [2.45, 2.75) is 45.6 Å². The molecule has 0 aromatic rings. The van der Waals surface area contributed by atoms with Crippen LogP contribution in [0.25, 0.3) is 0 Å². The highest BCUT2D eigenvalue weighted by Gasteiger charge is 2.28. The molecule has 0 fully saturated rings. The van der Waals surface area contributed by atoms with Crippen LogP contribution in [0.1, 0.15) is 40.0 Å². The fraction of sp³-hybridized carbons (Fsp3) is 0.667. The molecule has 1 aliphatic rings. The maximum absolute atomic E-state index is 11.9. The van der Waals surface area contributed by atoms with Gasteiger partial charge in [-0.15, -0.1) is 0 Å². The molecule has 1 amide bonds. The molecule has 5 nitrogen and oxygen atoms in total. The van der Waals surface area contributed by atoms with Crippen molar-refractivity contribution in [2.24, 2.45) is 0 Å². The topological polar surface area (TPSA) is 66.8 Å². The number of carbonyl (C=O) groups excluding carboxylic acids is 1. The Labute approximate surface area is 101 Å². The third-order valence-corrected chi connectivity index (χ3v) is 2.30. The minimum atomic E-state index is -1.09. The number of rotatable bonds is 1. The summed E-state index contributed by atoms with van der Waals surface area (Å²) in [6.07, 6.45) is 3.34. The quantitative estimate of drug-likeness (QED) is 0.765. The van der Waals surface area contributed by atoms with Crippen molar-refractivity contribution in [3.8, 4) is 0 Å². The monoisotopic (exact) mass is 241 g/mol. The minimum absolute atomic E-state index is 0.0248. The smallest absolute Gasteiger partial charge is 0.415 e. The Morgan fingerprint density at radius 2 is 2.00 bits per heavy atom. The molecular weight excluding hydrogens is 222 g/mol. The fourth-order valence-corrected chi connectivity index (χ4v) is 1.59. The Kier molecular flexibility index (Phi) is 4.15. The molecule has 0 aliphatic carbocycles. The summed E-state index contributed by atoms with van der Waals surface area (Å²) in [6.45, 7) is 5.67. The van der Waals surface area contributed by atoms with Crippen molar-refractivity contribution in [3.05, 3.63) is 11.8 Å². The van der Waals surface area contributed by atoms with Gasteiger partial charge in [-0.25, -0.2) is 9.59 Å². The Morgan fingerprint density at radius 3 is 2.53 bits per heavy atom. The molecule has 0 unspecified atom stereocenters. The van der Waals surface area contributed by atoms with E-state index in [4.69, 9.17) is 9.84 Å². The van der Waals surface area contributed by atoms with Gasteiger partial charge in [0.1, 0.15) is 11.3 Å². The highest BCUT2D eigenvalue weighted by molar-refractivity contribution is 5.90. The third kappa shape index (κ3) is 4.09. The molecule has 0 aromatic heterocycles. The standard InChI is InChI=1S/C12H19NO4/c1-12(2,3)17-11(16)13-8-6-4-5-7-9(13)10(14)15/h7H,4-6,8H2,1-3H3,(H,14,15).